The number of nitrogens with one attached hydrogen (secondary N) is 2. The van der Waals surface area contributed by atoms with Gasteiger partial charge in [0.1, 0.15) is 16.9 Å². The first-order valence-electron chi connectivity index (χ1n) is 7.75. The number of aromatic hydroxyl groups is 1. The molecule has 2 aromatic rings. The first-order chi connectivity index (χ1) is 11.0. The van der Waals surface area contributed by atoms with E-state index in [9.17, 15) is 9.90 Å². The van der Waals surface area contributed by atoms with Crippen LogP contribution in [0.2, 0.25) is 0 Å². The predicted octanol–water partition coefficient (Wildman–Crippen LogP) is 4.10. The second-order valence-corrected chi connectivity index (χ2v) is 8.48. The van der Waals surface area contributed by atoms with E-state index in [1.807, 2.05) is 19.1 Å². The fourth-order valence-electron chi connectivity index (χ4n) is 3.42. The molecule has 2 heterocycles. The Hall–Kier alpha value is -1.28. The molecule has 4 rings (SSSR count). The SMILES string of the molecule is Cc1cc(I)cc(C2NC(=O)c3c(sc4c3CCCC4)N2)c1O. The third-order valence-corrected chi connectivity index (χ3v) is 6.40. The van der Waals surface area contributed by atoms with Crippen LogP contribution in [0.1, 0.15) is 50.9 Å². The number of phenols is 1. The number of rotatable bonds is 1. The molecule has 0 saturated carbocycles. The zero-order valence-electron chi connectivity index (χ0n) is 12.7. The van der Waals surface area contributed by atoms with Gasteiger partial charge >= 0.3 is 0 Å². The van der Waals surface area contributed by atoms with Crippen LogP contribution in [0.15, 0.2) is 12.1 Å². The molecule has 0 radical (unpaired) electrons. The van der Waals surface area contributed by atoms with E-state index in [0.717, 1.165) is 44.5 Å². The van der Waals surface area contributed by atoms with Gasteiger partial charge in [-0.1, -0.05) is 0 Å². The van der Waals surface area contributed by atoms with E-state index in [4.69, 9.17) is 0 Å². The number of aryl methyl sites for hydroxylation is 2. The van der Waals surface area contributed by atoms with Gasteiger partial charge in [-0.15, -0.1) is 11.3 Å². The van der Waals surface area contributed by atoms with Crippen LogP contribution in [0, 0.1) is 10.5 Å². The molecule has 1 aliphatic heterocycles. The Labute approximate surface area is 152 Å². The van der Waals surface area contributed by atoms with Crippen LogP contribution < -0.4 is 10.6 Å². The Morgan fingerprint density at radius 3 is 2.87 bits per heavy atom. The van der Waals surface area contributed by atoms with Gasteiger partial charge in [0.05, 0.1) is 5.56 Å². The maximum absolute atomic E-state index is 12.7. The number of benzene rings is 1. The number of hydrogen-bond acceptors (Lipinski definition) is 4. The Bertz CT molecular complexity index is 815. The summed E-state index contributed by atoms with van der Waals surface area (Å²) in [5.74, 6) is 0.215. The van der Waals surface area contributed by atoms with Gasteiger partial charge in [-0.25, -0.2) is 0 Å². The second-order valence-electron chi connectivity index (χ2n) is 6.13. The highest BCUT2D eigenvalue weighted by Gasteiger charge is 2.33. The van der Waals surface area contributed by atoms with E-state index in [2.05, 4.69) is 33.2 Å². The Balaban J connectivity index is 1.76. The van der Waals surface area contributed by atoms with Crippen LogP contribution in [-0.2, 0) is 12.8 Å². The average molecular weight is 440 g/mol. The summed E-state index contributed by atoms with van der Waals surface area (Å²) in [6, 6.07) is 3.85. The third kappa shape index (κ3) is 2.52. The van der Waals surface area contributed by atoms with Crippen molar-refractivity contribution in [3.05, 3.63) is 42.8 Å². The van der Waals surface area contributed by atoms with Crippen molar-refractivity contribution < 1.29 is 9.90 Å². The number of thiophene rings is 1. The predicted molar refractivity (Wildman–Crippen MR) is 100 cm³/mol. The van der Waals surface area contributed by atoms with Crippen molar-refractivity contribution in [3.8, 4) is 5.75 Å². The highest BCUT2D eigenvalue weighted by atomic mass is 127. The van der Waals surface area contributed by atoms with Crippen molar-refractivity contribution in [2.75, 3.05) is 5.32 Å². The second kappa shape index (κ2) is 5.66. The van der Waals surface area contributed by atoms with Gasteiger partial charge < -0.3 is 15.7 Å². The first kappa shape index (κ1) is 15.3. The Morgan fingerprint density at radius 2 is 2.04 bits per heavy atom. The van der Waals surface area contributed by atoms with Crippen LogP contribution >= 0.6 is 33.9 Å². The normalized spacial score (nSPS) is 19.6. The molecule has 0 spiro atoms. The minimum absolute atomic E-state index is 0.0286. The van der Waals surface area contributed by atoms with E-state index in [0.29, 0.717) is 0 Å². The fourth-order valence-corrected chi connectivity index (χ4v) is 5.53. The summed E-state index contributed by atoms with van der Waals surface area (Å²) in [4.78, 5) is 14.0. The molecule has 0 saturated heterocycles. The van der Waals surface area contributed by atoms with Gasteiger partial charge in [0.25, 0.3) is 5.91 Å². The van der Waals surface area contributed by atoms with Crippen LogP contribution in [-0.4, -0.2) is 11.0 Å². The summed E-state index contributed by atoms with van der Waals surface area (Å²) in [6.45, 7) is 1.88. The molecule has 6 heteroatoms. The van der Waals surface area contributed by atoms with Crippen molar-refractivity contribution in [2.24, 2.45) is 0 Å². The molecule has 0 fully saturated rings. The zero-order chi connectivity index (χ0) is 16.1. The quantitative estimate of drug-likeness (QED) is 0.586. The van der Waals surface area contributed by atoms with Gasteiger partial charge in [-0.05, 0) is 78.5 Å². The lowest BCUT2D eigenvalue weighted by atomic mass is 9.94. The number of amides is 1. The maximum Gasteiger partial charge on any atom is 0.256 e. The highest BCUT2D eigenvalue weighted by Crippen LogP contribution is 2.42. The van der Waals surface area contributed by atoms with Crippen LogP contribution in [0.5, 0.6) is 5.75 Å². The Morgan fingerprint density at radius 1 is 1.26 bits per heavy atom. The molecule has 23 heavy (non-hydrogen) atoms. The molecule has 4 nitrogen and oxygen atoms in total. The lowest BCUT2D eigenvalue weighted by Crippen LogP contribution is -2.38. The number of fused-ring (bicyclic) bond motifs is 3. The molecule has 0 bridgehead atoms. The molecule has 1 aromatic carbocycles. The smallest absolute Gasteiger partial charge is 0.256 e. The summed E-state index contributed by atoms with van der Waals surface area (Å²) in [6.07, 6.45) is 4.04. The molecule has 1 aromatic heterocycles. The molecule has 1 aliphatic carbocycles. The minimum atomic E-state index is -0.386. The van der Waals surface area contributed by atoms with E-state index in [1.165, 1.54) is 16.9 Å². The third-order valence-electron chi connectivity index (χ3n) is 4.55. The molecule has 3 N–H and O–H groups in total. The number of hydrogen-bond donors (Lipinski definition) is 3. The van der Waals surface area contributed by atoms with Crippen molar-refractivity contribution in [3.63, 3.8) is 0 Å². The molecule has 1 atom stereocenters. The van der Waals surface area contributed by atoms with E-state index in [1.54, 1.807) is 11.3 Å². The number of carbonyl (C=O) groups is 1. The molecular formula is C17H17IN2O2S. The van der Waals surface area contributed by atoms with Crippen LogP contribution in [0.25, 0.3) is 0 Å². The average Bonchev–Trinajstić information content (AvgIpc) is 2.89. The number of phenolic OH excluding ortho intramolecular Hbond substituents is 1. The van der Waals surface area contributed by atoms with Gasteiger partial charge in [0.15, 0.2) is 0 Å². The standard InChI is InChI=1S/C17H17IN2O2S/c1-8-6-9(18)7-11(14(8)21)15-19-16(22)13-10-4-2-3-5-12(10)23-17(13)20-15/h6-7,15,20-21H,2-5H2,1H3,(H,19,22). The van der Waals surface area contributed by atoms with Gasteiger partial charge in [0, 0.05) is 14.0 Å². The molecule has 1 amide bonds. The highest BCUT2D eigenvalue weighted by molar-refractivity contribution is 14.1. The molecule has 120 valence electrons. The van der Waals surface area contributed by atoms with Crippen molar-refractivity contribution in [2.45, 2.75) is 38.8 Å². The zero-order valence-corrected chi connectivity index (χ0v) is 15.7. The fraction of sp³-hybridized carbons (Fsp3) is 0.353. The minimum Gasteiger partial charge on any atom is -0.507 e. The van der Waals surface area contributed by atoms with Crippen LogP contribution in [0.3, 0.4) is 0 Å². The topological polar surface area (TPSA) is 61.4 Å². The molecular weight excluding hydrogens is 423 g/mol. The summed E-state index contributed by atoms with van der Waals surface area (Å²) < 4.78 is 1.04. The van der Waals surface area contributed by atoms with E-state index in [-0.39, 0.29) is 17.8 Å². The van der Waals surface area contributed by atoms with Crippen molar-refractivity contribution in [1.29, 1.82) is 0 Å². The first-order valence-corrected chi connectivity index (χ1v) is 9.65. The summed E-state index contributed by atoms with van der Waals surface area (Å²) in [7, 11) is 0. The van der Waals surface area contributed by atoms with Gasteiger partial charge in [0.2, 0.25) is 0 Å². The number of carbonyl (C=O) groups excluding carboxylic acids is 1. The van der Waals surface area contributed by atoms with E-state index < -0.39 is 0 Å². The molecule has 1 unspecified atom stereocenters. The summed E-state index contributed by atoms with van der Waals surface area (Å²) in [5.41, 5.74) is 3.59. The van der Waals surface area contributed by atoms with E-state index >= 15 is 0 Å². The summed E-state index contributed by atoms with van der Waals surface area (Å²) in [5, 5.41) is 17.8. The van der Waals surface area contributed by atoms with Crippen LogP contribution in [0.4, 0.5) is 5.00 Å². The largest absolute Gasteiger partial charge is 0.507 e. The van der Waals surface area contributed by atoms with Gasteiger partial charge in [-0.3, -0.25) is 4.79 Å². The number of halogens is 1. The monoisotopic (exact) mass is 440 g/mol. The summed E-state index contributed by atoms with van der Waals surface area (Å²) >= 11 is 3.93. The lowest BCUT2D eigenvalue weighted by molar-refractivity contribution is 0.0935. The van der Waals surface area contributed by atoms with Crippen molar-refractivity contribution in [1.82, 2.24) is 5.32 Å². The Kier molecular flexibility index (Phi) is 3.76. The lowest BCUT2D eigenvalue weighted by Gasteiger charge is -2.27. The maximum atomic E-state index is 12.7. The van der Waals surface area contributed by atoms with Gasteiger partial charge in [-0.2, -0.15) is 0 Å². The number of anilines is 1. The molecule has 2 aliphatic rings. The van der Waals surface area contributed by atoms with Crippen molar-refractivity contribution >= 4 is 44.8 Å².